The van der Waals surface area contributed by atoms with E-state index in [-0.39, 0.29) is 17.4 Å². The summed E-state index contributed by atoms with van der Waals surface area (Å²) < 4.78 is 5.30. The first-order chi connectivity index (χ1) is 13.1. The Balaban J connectivity index is 1.73. The molecule has 5 N–H and O–H groups in total. The van der Waals surface area contributed by atoms with Gasteiger partial charge in [-0.15, -0.1) is 0 Å². The van der Waals surface area contributed by atoms with Gasteiger partial charge in [-0.3, -0.25) is 15.6 Å². The lowest BCUT2D eigenvalue weighted by molar-refractivity contribution is 0.0962. The molecule has 0 spiro atoms. The largest absolute Gasteiger partial charge is 0.495 e. The number of methoxy groups -OCH3 is 1. The molecule has 0 saturated heterocycles. The first-order valence-electron chi connectivity index (χ1n) is 8.22. The molecular formula is C19H20N6O2. The van der Waals surface area contributed by atoms with Gasteiger partial charge in [0.15, 0.2) is 11.6 Å². The molecule has 8 nitrogen and oxygen atoms in total. The molecule has 0 radical (unpaired) electrons. The maximum atomic E-state index is 12.2. The number of nitrogens with zero attached hydrogens (tertiary/aromatic N) is 2. The molecule has 0 aliphatic heterocycles. The van der Waals surface area contributed by atoms with Crippen LogP contribution < -0.4 is 26.6 Å². The topological polar surface area (TPSA) is 114 Å². The zero-order chi connectivity index (χ0) is 19.2. The van der Waals surface area contributed by atoms with Crippen LogP contribution in [0.3, 0.4) is 0 Å². The van der Waals surface area contributed by atoms with E-state index < -0.39 is 0 Å². The Morgan fingerprint density at radius 2 is 1.74 bits per heavy atom. The van der Waals surface area contributed by atoms with Crippen LogP contribution >= 0.6 is 0 Å². The lowest BCUT2D eigenvalue weighted by Gasteiger charge is -2.14. The highest BCUT2D eigenvalue weighted by atomic mass is 16.5. The molecule has 0 saturated carbocycles. The molecule has 0 fully saturated rings. The number of aromatic nitrogens is 2. The smallest absolute Gasteiger partial charge is 0.269 e. The van der Waals surface area contributed by atoms with Crippen LogP contribution in [0.4, 0.5) is 23.0 Å². The van der Waals surface area contributed by atoms with Gasteiger partial charge >= 0.3 is 0 Å². The first kappa shape index (κ1) is 18.0. The van der Waals surface area contributed by atoms with Gasteiger partial charge < -0.3 is 15.8 Å². The number of amides is 1. The summed E-state index contributed by atoms with van der Waals surface area (Å²) in [6, 6.07) is 14.6. The van der Waals surface area contributed by atoms with Gasteiger partial charge in [0.2, 0.25) is 0 Å². The van der Waals surface area contributed by atoms with Gasteiger partial charge in [-0.2, -0.15) is 0 Å². The number of ether oxygens (including phenoxy) is 1. The normalized spacial score (nSPS) is 10.1. The molecular weight excluding hydrogens is 344 g/mol. The second-order valence-electron chi connectivity index (χ2n) is 5.75. The molecule has 0 aliphatic rings. The van der Waals surface area contributed by atoms with Gasteiger partial charge in [-0.05, 0) is 31.2 Å². The number of carbonyl (C=O) groups is 1. The van der Waals surface area contributed by atoms with E-state index in [4.69, 9.17) is 10.5 Å². The third kappa shape index (κ3) is 4.24. The van der Waals surface area contributed by atoms with Gasteiger partial charge in [-0.25, -0.2) is 9.97 Å². The predicted molar refractivity (Wildman–Crippen MR) is 105 cm³/mol. The summed E-state index contributed by atoms with van der Waals surface area (Å²) in [4.78, 5) is 20.4. The zero-order valence-corrected chi connectivity index (χ0v) is 15.0. The molecule has 0 aliphatic carbocycles. The highest BCUT2D eigenvalue weighted by Crippen LogP contribution is 2.30. The third-order valence-corrected chi connectivity index (χ3v) is 3.85. The average molecular weight is 364 g/mol. The van der Waals surface area contributed by atoms with Crippen LogP contribution in [0.25, 0.3) is 0 Å². The first-order valence-corrected chi connectivity index (χ1v) is 8.22. The molecule has 1 heterocycles. The van der Waals surface area contributed by atoms with Crippen LogP contribution in [-0.4, -0.2) is 23.0 Å². The van der Waals surface area contributed by atoms with E-state index in [2.05, 4.69) is 26.1 Å². The van der Waals surface area contributed by atoms with Gasteiger partial charge in [0.1, 0.15) is 17.8 Å². The van der Waals surface area contributed by atoms with Crippen LogP contribution in [0.2, 0.25) is 0 Å². The standard InChI is InChI=1S/C19H20N6O2/c1-12-7-9-13(10-8-12)19(26)25-24-18-16(20)17(21-11-22-18)23-14-5-3-4-6-15(14)27-2/h3-11H,20H2,1-2H3,(H,25,26)(H2,21,22,23,24). The lowest BCUT2D eigenvalue weighted by atomic mass is 10.1. The van der Waals surface area contributed by atoms with Crippen LogP contribution in [0.5, 0.6) is 5.75 Å². The van der Waals surface area contributed by atoms with Crippen molar-refractivity contribution >= 4 is 28.9 Å². The Kier molecular flexibility index (Phi) is 5.36. The number of rotatable bonds is 6. The Morgan fingerprint density at radius 3 is 2.48 bits per heavy atom. The number of carbonyl (C=O) groups excluding carboxylic acids is 1. The van der Waals surface area contributed by atoms with E-state index in [0.717, 1.165) is 5.56 Å². The fourth-order valence-corrected chi connectivity index (χ4v) is 2.36. The van der Waals surface area contributed by atoms with Crippen LogP contribution in [0, 0.1) is 6.92 Å². The number of hydrogen-bond acceptors (Lipinski definition) is 7. The number of nitrogens with two attached hydrogens (primary N) is 1. The molecule has 1 aromatic heterocycles. The number of hydrazine groups is 1. The molecule has 3 aromatic rings. The highest BCUT2D eigenvalue weighted by Gasteiger charge is 2.12. The van der Waals surface area contributed by atoms with Crippen molar-refractivity contribution in [2.24, 2.45) is 0 Å². The number of benzene rings is 2. The summed E-state index contributed by atoms with van der Waals surface area (Å²) in [5.74, 6) is 1.02. The van der Waals surface area contributed by atoms with E-state index in [9.17, 15) is 4.79 Å². The Labute approximate surface area is 156 Å². The molecule has 2 aromatic carbocycles. The van der Waals surface area contributed by atoms with Crippen LogP contribution in [-0.2, 0) is 0 Å². The molecule has 27 heavy (non-hydrogen) atoms. The van der Waals surface area contributed by atoms with Gasteiger partial charge in [-0.1, -0.05) is 29.8 Å². The Bertz CT molecular complexity index is 943. The molecule has 0 bridgehead atoms. The molecule has 0 atom stereocenters. The van der Waals surface area contributed by atoms with Gasteiger partial charge in [0.25, 0.3) is 5.91 Å². The highest BCUT2D eigenvalue weighted by molar-refractivity contribution is 5.95. The van der Waals surface area contributed by atoms with Crippen molar-refractivity contribution in [3.05, 3.63) is 66.0 Å². The average Bonchev–Trinajstić information content (AvgIpc) is 2.69. The summed E-state index contributed by atoms with van der Waals surface area (Å²) in [5.41, 5.74) is 14.0. The monoisotopic (exact) mass is 364 g/mol. The maximum absolute atomic E-state index is 12.2. The predicted octanol–water partition coefficient (Wildman–Crippen LogP) is 2.88. The molecule has 1 amide bonds. The minimum atomic E-state index is -0.299. The number of nitrogens with one attached hydrogen (secondary N) is 3. The lowest BCUT2D eigenvalue weighted by Crippen LogP contribution is -2.30. The van der Waals surface area contributed by atoms with Crippen molar-refractivity contribution in [3.63, 3.8) is 0 Å². The van der Waals surface area contributed by atoms with Crippen LogP contribution in [0.1, 0.15) is 15.9 Å². The van der Waals surface area contributed by atoms with Crippen molar-refractivity contribution in [2.45, 2.75) is 6.92 Å². The summed E-state index contributed by atoms with van der Waals surface area (Å²) in [6.45, 7) is 1.96. The zero-order valence-electron chi connectivity index (χ0n) is 15.0. The summed E-state index contributed by atoms with van der Waals surface area (Å²) >= 11 is 0. The number of para-hydroxylation sites is 2. The Hall–Kier alpha value is -3.81. The molecule has 138 valence electrons. The van der Waals surface area contributed by atoms with E-state index >= 15 is 0 Å². The number of anilines is 4. The fraction of sp³-hybridized carbons (Fsp3) is 0.105. The molecule has 8 heteroatoms. The number of aryl methyl sites for hydroxylation is 1. The van der Waals surface area contributed by atoms with E-state index in [1.54, 1.807) is 19.2 Å². The summed E-state index contributed by atoms with van der Waals surface area (Å²) in [6.07, 6.45) is 1.34. The summed E-state index contributed by atoms with van der Waals surface area (Å²) in [5, 5.41) is 3.10. The minimum absolute atomic E-state index is 0.257. The SMILES string of the molecule is COc1ccccc1Nc1ncnc(NNC(=O)c2ccc(C)cc2)c1N. The van der Waals surface area contributed by atoms with Gasteiger partial charge in [0.05, 0.1) is 12.8 Å². The van der Waals surface area contributed by atoms with Crippen molar-refractivity contribution in [3.8, 4) is 5.75 Å². The van der Waals surface area contributed by atoms with Crippen molar-refractivity contribution < 1.29 is 9.53 Å². The molecule has 0 unspecified atom stereocenters. The van der Waals surface area contributed by atoms with Crippen molar-refractivity contribution in [1.29, 1.82) is 0 Å². The van der Waals surface area contributed by atoms with E-state index in [1.807, 2.05) is 43.3 Å². The Morgan fingerprint density at radius 1 is 1.04 bits per heavy atom. The van der Waals surface area contributed by atoms with Gasteiger partial charge in [0, 0.05) is 5.56 Å². The second-order valence-corrected chi connectivity index (χ2v) is 5.75. The van der Waals surface area contributed by atoms with Crippen LogP contribution in [0.15, 0.2) is 54.9 Å². The minimum Gasteiger partial charge on any atom is -0.495 e. The number of hydrogen-bond donors (Lipinski definition) is 4. The second kappa shape index (κ2) is 8.05. The van der Waals surface area contributed by atoms with Crippen molar-refractivity contribution in [1.82, 2.24) is 15.4 Å². The third-order valence-electron chi connectivity index (χ3n) is 3.85. The fourth-order valence-electron chi connectivity index (χ4n) is 2.36. The summed E-state index contributed by atoms with van der Waals surface area (Å²) in [7, 11) is 1.58. The maximum Gasteiger partial charge on any atom is 0.269 e. The van der Waals surface area contributed by atoms with E-state index in [0.29, 0.717) is 22.8 Å². The quantitative estimate of drug-likeness (QED) is 0.497. The van der Waals surface area contributed by atoms with E-state index in [1.165, 1.54) is 6.33 Å². The van der Waals surface area contributed by atoms with Crippen molar-refractivity contribution in [2.75, 3.05) is 23.6 Å². The molecule has 3 rings (SSSR count). The number of nitrogen functional groups attached to an aromatic ring is 1.